The third kappa shape index (κ3) is 3.93. The van der Waals surface area contributed by atoms with Gasteiger partial charge in [0.2, 0.25) is 0 Å². The number of nitrogens with one attached hydrogen (secondary N) is 1. The highest BCUT2D eigenvalue weighted by Gasteiger charge is 2.19. The Morgan fingerprint density at radius 3 is 2.62 bits per heavy atom. The van der Waals surface area contributed by atoms with Gasteiger partial charge in [0.05, 0.1) is 5.69 Å². The molecule has 1 unspecified atom stereocenters. The molecule has 0 saturated carbocycles. The average molecular weight is 220 g/mol. The quantitative estimate of drug-likeness (QED) is 0.843. The molecule has 0 bridgehead atoms. The van der Waals surface area contributed by atoms with E-state index in [-0.39, 0.29) is 0 Å². The van der Waals surface area contributed by atoms with Gasteiger partial charge in [-0.05, 0) is 36.4 Å². The highest BCUT2D eigenvalue weighted by atomic mass is 14.9. The van der Waals surface area contributed by atoms with E-state index >= 15 is 0 Å². The van der Waals surface area contributed by atoms with Gasteiger partial charge in [0.25, 0.3) is 0 Å². The molecule has 0 fully saturated rings. The number of aryl methyl sites for hydroxylation is 1. The van der Waals surface area contributed by atoms with Crippen LogP contribution in [0.2, 0.25) is 0 Å². The van der Waals surface area contributed by atoms with Crippen LogP contribution in [0.5, 0.6) is 0 Å². The van der Waals surface area contributed by atoms with Crippen molar-refractivity contribution in [2.75, 3.05) is 6.54 Å². The Morgan fingerprint density at radius 2 is 2.06 bits per heavy atom. The van der Waals surface area contributed by atoms with Gasteiger partial charge in [-0.2, -0.15) is 0 Å². The molecule has 0 aliphatic heterocycles. The summed E-state index contributed by atoms with van der Waals surface area (Å²) < 4.78 is 0. The minimum Gasteiger partial charge on any atom is -0.311 e. The summed E-state index contributed by atoms with van der Waals surface area (Å²) >= 11 is 0. The molecule has 1 N–H and O–H groups in total. The Labute approximate surface area is 99.5 Å². The molecule has 16 heavy (non-hydrogen) atoms. The van der Waals surface area contributed by atoms with Crippen LogP contribution in [0.25, 0.3) is 0 Å². The van der Waals surface area contributed by atoms with E-state index in [9.17, 15) is 0 Å². The first-order chi connectivity index (χ1) is 7.41. The molecule has 1 atom stereocenters. The Balaban J connectivity index is 2.40. The molecule has 0 spiro atoms. The fraction of sp³-hybridized carbons (Fsp3) is 0.643. The summed E-state index contributed by atoms with van der Waals surface area (Å²) in [7, 11) is 0. The molecular weight excluding hydrogens is 196 g/mol. The molecule has 2 heteroatoms. The van der Waals surface area contributed by atoms with Crippen LogP contribution >= 0.6 is 0 Å². The van der Waals surface area contributed by atoms with Crippen molar-refractivity contribution in [1.82, 2.24) is 10.3 Å². The second kappa shape index (κ2) is 5.44. The molecule has 0 amide bonds. The van der Waals surface area contributed by atoms with Crippen LogP contribution in [-0.4, -0.2) is 11.5 Å². The van der Waals surface area contributed by atoms with Crippen molar-refractivity contribution in [3.8, 4) is 0 Å². The minimum absolute atomic E-state index is 0.367. The SMILES string of the molecule is Cc1cccnc1CNCC(C)C(C)(C)C. The van der Waals surface area contributed by atoms with Gasteiger partial charge in [-0.1, -0.05) is 33.8 Å². The summed E-state index contributed by atoms with van der Waals surface area (Å²) in [6, 6.07) is 4.09. The van der Waals surface area contributed by atoms with E-state index < -0.39 is 0 Å². The molecule has 1 aromatic heterocycles. The van der Waals surface area contributed by atoms with E-state index in [2.05, 4.69) is 51.0 Å². The van der Waals surface area contributed by atoms with E-state index in [0.717, 1.165) is 18.8 Å². The lowest BCUT2D eigenvalue weighted by atomic mass is 9.82. The lowest BCUT2D eigenvalue weighted by Gasteiger charge is -2.27. The molecular formula is C14H24N2. The monoisotopic (exact) mass is 220 g/mol. The van der Waals surface area contributed by atoms with Gasteiger partial charge in [-0.15, -0.1) is 0 Å². The predicted molar refractivity (Wildman–Crippen MR) is 69.3 cm³/mol. The molecule has 90 valence electrons. The summed E-state index contributed by atoms with van der Waals surface area (Å²) in [5, 5.41) is 3.49. The molecule has 0 radical (unpaired) electrons. The molecule has 0 aliphatic rings. The van der Waals surface area contributed by atoms with E-state index in [0.29, 0.717) is 11.3 Å². The zero-order valence-corrected chi connectivity index (χ0v) is 11.2. The van der Waals surface area contributed by atoms with Crippen molar-refractivity contribution in [3.63, 3.8) is 0 Å². The summed E-state index contributed by atoms with van der Waals surface area (Å²) in [6.07, 6.45) is 1.86. The lowest BCUT2D eigenvalue weighted by molar-refractivity contribution is 0.252. The number of hydrogen-bond acceptors (Lipinski definition) is 2. The van der Waals surface area contributed by atoms with Crippen molar-refractivity contribution in [1.29, 1.82) is 0 Å². The first-order valence-electron chi connectivity index (χ1n) is 6.02. The van der Waals surface area contributed by atoms with E-state index in [1.165, 1.54) is 5.56 Å². The maximum atomic E-state index is 4.37. The molecule has 0 aromatic carbocycles. The van der Waals surface area contributed by atoms with Crippen LogP contribution in [0.4, 0.5) is 0 Å². The molecule has 0 aliphatic carbocycles. The molecule has 2 nitrogen and oxygen atoms in total. The standard InChI is InChI=1S/C14H24N2/c1-11-7-6-8-16-13(11)10-15-9-12(2)14(3,4)5/h6-8,12,15H,9-10H2,1-5H3. The van der Waals surface area contributed by atoms with Crippen molar-refractivity contribution in [2.45, 2.75) is 41.2 Å². The summed E-state index contributed by atoms with van der Waals surface area (Å²) in [6.45, 7) is 13.2. The first kappa shape index (κ1) is 13.2. The Morgan fingerprint density at radius 1 is 1.38 bits per heavy atom. The second-order valence-electron chi connectivity index (χ2n) is 5.66. The van der Waals surface area contributed by atoms with Gasteiger partial charge in [-0.3, -0.25) is 4.98 Å². The smallest absolute Gasteiger partial charge is 0.0570 e. The van der Waals surface area contributed by atoms with Crippen LogP contribution in [0.3, 0.4) is 0 Å². The third-order valence-corrected chi connectivity index (χ3v) is 3.34. The van der Waals surface area contributed by atoms with Crippen molar-refractivity contribution < 1.29 is 0 Å². The average Bonchev–Trinajstić information content (AvgIpc) is 2.19. The maximum Gasteiger partial charge on any atom is 0.0570 e. The van der Waals surface area contributed by atoms with Crippen LogP contribution < -0.4 is 5.32 Å². The van der Waals surface area contributed by atoms with Crippen LogP contribution in [0.1, 0.15) is 39.0 Å². The molecule has 1 rings (SSSR count). The van der Waals surface area contributed by atoms with Gasteiger partial charge < -0.3 is 5.32 Å². The highest BCUT2D eigenvalue weighted by molar-refractivity contribution is 5.17. The van der Waals surface area contributed by atoms with Crippen LogP contribution in [-0.2, 0) is 6.54 Å². The normalized spacial score (nSPS) is 13.8. The Hall–Kier alpha value is -0.890. The van der Waals surface area contributed by atoms with Gasteiger partial charge in [0.1, 0.15) is 0 Å². The number of rotatable bonds is 4. The predicted octanol–water partition coefficient (Wildman–Crippen LogP) is 3.16. The summed E-state index contributed by atoms with van der Waals surface area (Å²) in [5.74, 6) is 0.663. The van der Waals surface area contributed by atoms with Crippen molar-refractivity contribution >= 4 is 0 Å². The van der Waals surface area contributed by atoms with Gasteiger partial charge >= 0.3 is 0 Å². The number of pyridine rings is 1. The fourth-order valence-corrected chi connectivity index (χ4v) is 1.42. The van der Waals surface area contributed by atoms with Crippen molar-refractivity contribution in [2.24, 2.45) is 11.3 Å². The van der Waals surface area contributed by atoms with E-state index in [1.54, 1.807) is 0 Å². The number of aromatic nitrogens is 1. The first-order valence-corrected chi connectivity index (χ1v) is 6.02. The third-order valence-electron chi connectivity index (χ3n) is 3.34. The number of hydrogen-bond donors (Lipinski definition) is 1. The van der Waals surface area contributed by atoms with Gasteiger partial charge in [0.15, 0.2) is 0 Å². The van der Waals surface area contributed by atoms with Crippen LogP contribution in [0, 0.1) is 18.3 Å². The Bertz CT molecular complexity index is 326. The molecule has 1 heterocycles. The fourth-order valence-electron chi connectivity index (χ4n) is 1.42. The Kier molecular flexibility index (Phi) is 4.48. The van der Waals surface area contributed by atoms with E-state index in [4.69, 9.17) is 0 Å². The van der Waals surface area contributed by atoms with Crippen LogP contribution in [0.15, 0.2) is 18.3 Å². The molecule has 1 aromatic rings. The zero-order valence-electron chi connectivity index (χ0n) is 11.2. The second-order valence-corrected chi connectivity index (χ2v) is 5.66. The van der Waals surface area contributed by atoms with Crippen molar-refractivity contribution in [3.05, 3.63) is 29.6 Å². The van der Waals surface area contributed by atoms with Gasteiger partial charge in [0, 0.05) is 12.7 Å². The van der Waals surface area contributed by atoms with E-state index in [1.807, 2.05) is 12.3 Å². The summed E-state index contributed by atoms with van der Waals surface area (Å²) in [4.78, 5) is 4.37. The zero-order chi connectivity index (χ0) is 12.2. The molecule has 0 saturated heterocycles. The summed E-state index contributed by atoms with van der Waals surface area (Å²) in [5.41, 5.74) is 2.79. The number of nitrogens with zero attached hydrogens (tertiary/aromatic N) is 1. The largest absolute Gasteiger partial charge is 0.311 e. The lowest BCUT2D eigenvalue weighted by Crippen LogP contribution is -2.29. The highest BCUT2D eigenvalue weighted by Crippen LogP contribution is 2.24. The topological polar surface area (TPSA) is 24.9 Å². The minimum atomic E-state index is 0.367. The maximum absolute atomic E-state index is 4.37. The van der Waals surface area contributed by atoms with Gasteiger partial charge in [-0.25, -0.2) is 0 Å².